The molecule has 51 heavy (non-hydrogen) atoms. The Balaban J connectivity index is 1.23. The molecule has 0 saturated carbocycles. The quantitative estimate of drug-likeness (QED) is 0.182. The molecule has 0 radical (unpaired) electrons. The van der Waals surface area contributed by atoms with Gasteiger partial charge in [0.15, 0.2) is 0 Å². The molecule has 1 aliphatic rings. The van der Waals surface area contributed by atoms with E-state index in [4.69, 9.17) is 0 Å². The molecule has 0 aliphatic carbocycles. The number of rotatable bonds is 3. The first-order valence-corrected chi connectivity index (χ1v) is 18.9. The molecule has 8 aromatic carbocycles. The normalized spacial score (nSPS) is 12.2. The van der Waals surface area contributed by atoms with Crippen LogP contribution >= 0.6 is 23.5 Å². The summed E-state index contributed by atoms with van der Waals surface area (Å²) in [6.07, 6.45) is 0. The fourth-order valence-electron chi connectivity index (χ4n) is 7.53. The van der Waals surface area contributed by atoms with Crippen LogP contribution in [0.1, 0.15) is 0 Å². The van der Waals surface area contributed by atoms with Crippen molar-refractivity contribution in [3.8, 4) is 50.2 Å². The van der Waals surface area contributed by atoms with E-state index in [1.54, 1.807) is 0 Å². The van der Waals surface area contributed by atoms with Crippen LogP contribution in [0.3, 0.4) is 0 Å². The lowest BCUT2D eigenvalue weighted by Crippen LogP contribution is -1.96. The molecule has 0 saturated heterocycles. The number of fused-ring (bicyclic) bond motifs is 9. The van der Waals surface area contributed by atoms with Gasteiger partial charge in [-0.2, -0.15) is 0 Å². The van der Waals surface area contributed by atoms with E-state index >= 15 is 0 Å². The molecular formula is C48H31NS2. The molecule has 0 amide bonds. The van der Waals surface area contributed by atoms with Crippen molar-refractivity contribution >= 4 is 45.3 Å². The molecule has 0 spiro atoms. The van der Waals surface area contributed by atoms with Gasteiger partial charge in [-0.1, -0.05) is 169 Å². The van der Waals surface area contributed by atoms with Crippen LogP contribution in [-0.2, 0) is 0 Å². The van der Waals surface area contributed by atoms with Crippen LogP contribution in [0.15, 0.2) is 208 Å². The molecule has 1 nitrogen and oxygen atoms in total. The first kappa shape index (κ1) is 30.1. The molecule has 1 aliphatic heterocycles. The van der Waals surface area contributed by atoms with Crippen molar-refractivity contribution in [1.82, 2.24) is 4.57 Å². The van der Waals surface area contributed by atoms with E-state index in [-0.39, 0.29) is 0 Å². The molecule has 0 unspecified atom stereocenters. The van der Waals surface area contributed by atoms with Crippen molar-refractivity contribution in [3.63, 3.8) is 0 Å². The van der Waals surface area contributed by atoms with E-state index in [2.05, 4.69) is 193 Å². The molecule has 240 valence electrons. The fraction of sp³-hybridized carbons (Fsp3) is 0. The second-order valence-electron chi connectivity index (χ2n) is 12.9. The molecule has 9 aromatic rings. The third-order valence-corrected chi connectivity index (χ3v) is 12.2. The molecule has 0 atom stereocenters. The number of nitrogens with zero attached hydrogens (tertiary/aromatic N) is 1. The van der Waals surface area contributed by atoms with Gasteiger partial charge in [0.05, 0.1) is 11.0 Å². The van der Waals surface area contributed by atoms with Gasteiger partial charge < -0.3 is 4.57 Å². The second-order valence-corrected chi connectivity index (χ2v) is 15.0. The highest BCUT2D eigenvalue weighted by molar-refractivity contribution is 8.00. The van der Waals surface area contributed by atoms with Gasteiger partial charge in [-0.15, -0.1) is 0 Å². The Morgan fingerprint density at radius 3 is 1.53 bits per heavy atom. The van der Waals surface area contributed by atoms with Crippen LogP contribution in [0.25, 0.3) is 72.0 Å². The van der Waals surface area contributed by atoms with Gasteiger partial charge in [-0.25, -0.2) is 0 Å². The van der Waals surface area contributed by atoms with E-state index in [0.717, 1.165) is 5.69 Å². The van der Waals surface area contributed by atoms with Gasteiger partial charge in [-0.3, -0.25) is 0 Å². The van der Waals surface area contributed by atoms with Crippen LogP contribution in [0.5, 0.6) is 0 Å². The molecule has 0 bridgehead atoms. The molecule has 0 N–H and O–H groups in total. The molecule has 3 heteroatoms. The lowest BCUT2D eigenvalue weighted by molar-refractivity contribution is 1.18. The van der Waals surface area contributed by atoms with Crippen LogP contribution in [0.2, 0.25) is 0 Å². The summed E-state index contributed by atoms with van der Waals surface area (Å²) in [6, 6.07) is 68.8. The van der Waals surface area contributed by atoms with Gasteiger partial charge in [0.2, 0.25) is 0 Å². The summed E-state index contributed by atoms with van der Waals surface area (Å²) >= 11 is 3.74. The van der Waals surface area contributed by atoms with Crippen molar-refractivity contribution in [2.45, 2.75) is 19.6 Å². The highest BCUT2D eigenvalue weighted by atomic mass is 32.2. The summed E-state index contributed by atoms with van der Waals surface area (Å²) in [5.41, 5.74) is 13.5. The maximum Gasteiger partial charge on any atom is 0.0619 e. The third kappa shape index (κ3) is 5.20. The summed E-state index contributed by atoms with van der Waals surface area (Å²) in [5.74, 6) is 0. The van der Waals surface area contributed by atoms with E-state index < -0.39 is 0 Å². The number of hydrogen-bond donors (Lipinski definition) is 0. The fourth-order valence-corrected chi connectivity index (χ4v) is 9.82. The topological polar surface area (TPSA) is 4.93 Å². The first-order valence-electron chi connectivity index (χ1n) is 17.3. The van der Waals surface area contributed by atoms with Gasteiger partial charge in [-0.05, 0) is 81.4 Å². The zero-order chi connectivity index (χ0) is 33.7. The Morgan fingerprint density at radius 1 is 0.314 bits per heavy atom. The van der Waals surface area contributed by atoms with Crippen molar-refractivity contribution in [2.75, 3.05) is 0 Å². The predicted octanol–water partition coefficient (Wildman–Crippen LogP) is 14.1. The largest absolute Gasteiger partial charge is 0.309 e. The zero-order valence-electron chi connectivity index (χ0n) is 27.7. The smallest absolute Gasteiger partial charge is 0.0619 e. The predicted molar refractivity (Wildman–Crippen MR) is 217 cm³/mol. The van der Waals surface area contributed by atoms with Gasteiger partial charge in [0, 0.05) is 41.6 Å². The number of hydrogen-bond acceptors (Lipinski definition) is 2. The zero-order valence-corrected chi connectivity index (χ0v) is 29.3. The second kappa shape index (κ2) is 12.5. The standard InChI is InChI=1S/C48H31NS2/c1-3-14-32(15-4-1)33-26-28-40-41-29-27-34(31-47(41)51-45-25-12-9-20-39(45)38-19-8-11-24-44(38)50-46(40)30-33)36-21-13-22-42-37-18-7-10-23-43(37)49(48(36)42)35-16-5-2-6-17-35/h1-31H. The monoisotopic (exact) mass is 685 g/mol. The number of para-hydroxylation sites is 3. The minimum atomic E-state index is 1.16. The summed E-state index contributed by atoms with van der Waals surface area (Å²) in [7, 11) is 0. The minimum absolute atomic E-state index is 1.16. The van der Waals surface area contributed by atoms with Crippen LogP contribution in [0, 0.1) is 0 Å². The number of benzene rings is 8. The lowest BCUT2D eigenvalue weighted by Gasteiger charge is -2.21. The van der Waals surface area contributed by atoms with Gasteiger partial charge in [0.1, 0.15) is 0 Å². The summed E-state index contributed by atoms with van der Waals surface area (Å²) in [5, 5.41) is 2.52. The van der Waals surface area contributed by atoms with Crippen molar-refractivity contribution in [3.05, 3.63) is 188 Å². The Morgan fingerprint density at radius 2 is 0.824 bits per heavy atom. The molecule has 1 aromatic heterocycles. The number of aromatic nitrogens is 1. The highest BCUT2D eigenvalue weighted by Gasteiger charge is 2.22. The van der Waals surface area contributed by atoms with Crippen molar-refractivity contribution in [1.29, 1.82) is 0 Å². The highest BCUT2D eigenvalue weighted by Crippen LogP contribution is 2.50. The SMILES string of the molecule is c1ccc(-c2ccc3c(c2)Sc2ccccc2-c2ccccc2Sc2cc(-c4cccc5c6ccccc6n(-c6ccccc6)c45)ccc2-3)cc1. The molecule has 2 heterocycles. The van der Waals surface area contributed by atoms with E-state index in [0.29, 0.717) is 0 Å². The van der Waals surface area contributed by atoms with Crippen LogP contribution < -0.4 is 0 Å². The molecule has 10 rings (SSSR count). The first-order chi connectivity index (χ1) is 25.3. The minimum Gasteiger partial charge on any atom is -0.309 e. The van der Waals surface area contributed by atoms with Crippen LogP contribution in [0.4, 0.5) is 0 Å². The average Bonchev–Trinajstić information content (AvgIpc) is 3.54. The summed E-state index contributed by atoms with van der Waals surface area (Å²) < 4.78 is 2.43. The van der Waals surface area contributed by atoms with Crippen LogP contribution in [-0.4, -0.2) is 4.57 Å². The third-order valence-electron chi connectivity index (χ3n) is 9.88. The van der Waals surface area contributed by atoms with Gasteiger partial charge >= 0.3 is 0 Å². The Bertz CT molecular complexity index is 2740. The molecule has 0 fully saturated rings. The summed E-state index contributed by atoms with van der Waals surface area (Å²) in [4.78, 5) is 5.01. The van der Waals surface area contributed by atoms with E-state index in [1.807, 2.05) is 23.5 Å². The maximum atomic E-state index is 2.43. The summed E-state index contributed by atoms with van der Waals surface area (Å²) in [6.45, 7) is 0. The van der Waals surface area contributed by atoms with Gasteiger partial charge in [0.25, 0.3) is 0 Å². The maximum absolute atomic E-state index is 2.43. The Kier molecular flexibility index (Phi) is 7.41. The lowest BCUT2D eigenvalue weighted by atomic mass is 9.96. The molecular weight excluding hydrogens is 655 g/mol. The van der Waals surface area contributed by atoms with E-state index in [1.165, 1.54) is 85.9 Å². The Hall–Kier alpha value is -5.74. The van der Waals surface area contributed by atoms with Crippen molar-refractivity contribution < 1.29 is 0 Å². The average molecular weight is 686 g/mol. The Labute approximate surface area is 306 Å². The van der Waals surface area contributed by atoms with Crippen molar-refractivity contribution in [2.24, 2.45) is 0 Å². The van der Waals surface area contributed by atoms with E-state index in [9.17, 15) is 0 Å².